The highest BCUT2D eigenvalue weighted by Crippen LogP contribution is 2.13. The first-order valence-electron chi connectivity index (χ1n) is 5.96. The molecule has 90 valence electrons. The lowest BCUT2D eigenvalue weighted by molar-refractivity contribution is 0.111. The monoisotopic (exact) mass is 224 g/mol. The van der Waals surface area contributed by atoms with Gasteiger partial charge in [0, 0.05) is 25.2 Å². The lowest BCUT2D eigenvalue weighted by atomic mass is 10.1. The first-order valence-corrected chi connectivity index (χ1v) is 5.96. The summed E-state index contributed by atoms with van der Waals surface area (Å²) in [7, 11) is 0. The van der Waals surface area contributed by atoms with E-state index in [-0.39, 0.29) is 0 Å². The van der Waals surface area contributed by atoms with Gasteiger partial charge in [-0.3, -0.25) is 4.68 Å². The number of rotatable bonds is 5. The molecule has 1 fully saturated rings. The Hall–Kier alpha value is -0.940. The van der Waals surface area contributed by atoms with E-state index in [1.54, 1.807) is 12.7 Å². The van der Waals surface area contributed by atoms with Gasteiger partial charge in [-0.25, -0.2) is 4.98 Å². The van der Waals surface area contributed by atoms with Gasteiger partial charge >= 0.3 is 0 Å². The molecule has 0 amide bonds. The average molecular weight is 224 g/mol. The van der Waals surface area contributed by atoms with Crippen molar-refractivity contribution in [2.24, 2.45) is 0 Å². The maximum absolute atomic E-state index is 5.53. The number of aromatic nitrogens is 3. The van der Waals surface area contributed by atoms with Crippen LogP contribution in [0.15, 0.2) is 12.7 Å². The molecule has 1 aliphatic rings. The zero-order valence-corrected chi connectivity index (χ0v) is 9.97. The van der Waals surface area contributed by atoms with Gasteiger partial charge in [0.2, 0.25) is 0 Å². The number of hydrogen-bond acceptors (Lipinski definition) is 4. The van der Waals surface area contributed by atoms with Crippen molar-refractivity contribution in [1.82, 2.24) is 20.1 Å². The molecule has 1 aromatic rings. The van der Waals surface area contributed by atoms with Crippen molar-refractivity contribution in [3.8, 4) is 0 Å². The summed E-state index contributed by atoms with van der Waals surface area (Å²) in [6.45, 7) is 6.14. The van der Waals surface area contributed by atoms with Crippen LogP contribution in [-0.2, 0) is 11.3 Å². The number of nitrogens with zero attached hydrogens (tertiary/aromatic N) is 3. The molecule has 5 nitrogen and oxygen atoms in total. The Balaban J connectivity index is 1.70. The molecule has 16 heavy (non-hydrogen) atoms. The van der Waals surface area contributed by atoms with E-state index in [1.165, 1.54) is 0 Å². The number of aryl methyl sites for hydroxylation is 1. The maximum Gasteiger partial charge on any atom is 0.137 e. The summed E-state index contributed by atoms with van der Waals surface area (Å²) in [6.07, 6.45) is 5.86. The smallest absolute Gasteiger partial charge is 0.137 e. The molecule has 2 heterocycles. The predicted octanol–water partition coefficient (Wildman–Crippen LogP) is 0.824. The van der Waals surface area contributed by atoms with Crippen molar-refractivity contribution in [3.63, 3.8) is 0 Å². The van der Waals surface area contributed by atoms with Crippen LogP contribution in [0.1, 0.15) is 26.7 Å². The van der Waals surface area contributed by atoms with E-state index >= 15 is 0 Å². The van der Waals surface area contributed by atoms with Crippen LogP contribution >= 0.6 is 0 Å². The van der Waals surface area contributed by atoms with Crippen LogP contribution in [0.4, 0.5) is 0 Å². The number of ether oxygens (including phenoxy) is 1. The van der Waals surface area contributed by atoms with Gasteiger partial charge in [-0.2, -0.15) is 5.10 Å². The Morgan fingerprint density at radius 1 is 1.62 bits per heavy atom. The number of nitrogens with one attached hydrogen (secondary N) is 1. The van der Waals surface area contributed by atoms with Crippen molar-refractivity contribution in [1.29, 1.82) is 0 Å². The van der Waals surface area contributed by atoms with Crippen LogP contribution in [0.5, 0.6) is 0 Å². The maximum atomic E-state index is 5.53. The summed E-state index contributed by atoms with van der Waals surface area (Å²) in [5.41, 5.74) is 0. The van der Waals surface area contributed by atoms with E-state index in [1.807, 2.05) is 4.68 Å². The molecule has 1 N–H and O–H groups in total. The minimum Gasteiger partial charge on any atom is -0.377 e. The fourth-order valence-electron chi connectivity index (χ4n) is 2.07. The highest BCUT2D eigenvalue weighted by Gasteiger charge is 2.24. The first-order chi connectivity index (χ1) is 7.75. The van der Waals surface area contributed by atoms with E-state index in [9.17, 15) is 0 Å². The van der Waals surface area contributed by atoms with Gasteiger partial charge < -0.3 is 10.1 Å². The van der Waals surface area contributed by atoms with Gasteiger partial charge in [0.1, 0.15) is 12.7 Å². The highest BCUT2D eigenvalue weighted by molar-refractivity contribution is 4.81. The van der Waals surface area contributed by atoms with Gasteiger partial charge in [0.15, 0.2) is 0 Å². The van der Waals surface area contributed by atoms with E-state index in [4.69, 9.17) is 4.74 Å². The Morgan fingerprint density at radius 2 is 2.50 bits per heavy atom. The molecule has 0 radical (unpaired) electrons. The molecule has 0 aliphatic carbocycles. The van der Waals surface area contributed by atoms with E-state index in [0.29, 0.717) is 18.2 Å². The SMILES string of the molecule is CC(CCn1cncn1)NC1CCOC1C. The van der Waals surface area contributed by atoms with E-state index < -0.39 is 0 Å². The molecule has 1 saturated heterocycles. The zero-order valence-electron chi connectivity index (χ0n) is 9.97. The Labute approximate surface area is 96.2 Å². The van der Waals surface area contributed by atoms with Crippen molar-refractivity contribution in [3.05, 3.63) is 12.7 Å². The average Bonchev–Trinajstić information content (AvgIpc) is 2.88. The molecular formula is C11H20N4O. The van der Waals surface area contributed by atoms with Gasteiger partial charge in [-0.1, -0.05) is 0 Å². The lowest BCUT2D eigenvalue weighted by Crippen LogP contribution is -2.41. The molecule has 5 heteroatoms. The van der Waals surface area contributed by atoms with Crippen molar-refractivity contribution < 1.29 is 4.74 Å². The van der Waals surface area contributed by atoms with Crippen molar-refractivity contribution >= 4 is 0 Å². The van der Waals surface area contributed by atoms with Crippen LogP contribution in [0.3, 0.4) is 0 Å². The Kier molecular flexibility index (Phi) is 3.90. The topological polar surface area (TPSA) is 52.0 Å². The second-order valence-corrected chi connectivity index (χ2v) is 4.49. The molecule has 1 aliphatic heterocycles. The third-order valence-corrected chi connectivity index (χ3v) is 3.13. The largest absolute Gasteiger partial charge is 0.377 e. The third-order valence-electron chi connectivity index (χ3n) is 3.13. The van der Waals surface area contributed by atoms with E-state index in [0.717, 1.165) is 26.0 Å². The van der Waals surface area contributed by atoms with Crippen LogP contribution in [0, 0.1) is 0 Å². The molecule has 0 saturated carbocycles. The molecular weight excluding hydrogens is 204 g/mol. The van der Waals surface area contributed by atoms with Gasteiger partial charge in [0.05, 0.1) is 6.10 Å². The van der Waals surface area contributed by atoms with E-state index in [2.05, 4.69) is 29.2 Å². The molecule has 3 atom stereocenters. The predicted molar refractivity (Wildman–Crippen MR) is 61.1 cm³/mol. The molecule has 0 spiro atoms. The summed E-state index contributed by atoms with van der Waals surface area (Å²) in [4.78, 5) is 3.93. The molecule has 2 rings (SSSR count). The van der Waals surface area contributed by atoms with Gasteiger partial charge in [-0.15, -0.1) is 0 Å². The highest BCUT2D eigenvalue weighted by atomic mass is 16.5. The second kappa shape index (κ2) is 5.41. The molecule has 0 bridgehead atoms. The lowest BCUT2D eigenvalue weighted by Gasteiger charge is -2.21. The molecule has 0 aromatic carbocycles. The van der Waals surface area contributed by atoms with Crippen LogP contribution in [0.25, 0.3) is 0 Å². The fourth-order valence-corrected chi connectivity index (χ4v) is 2.07. The second-order valence-electron chi connectivity index (χ2n) is 4.49. The van der Waals surface area contributed by atoms with Crippen molar-refractivity contribution in [2.45, 2.75) is 51.4 Å². The minimum absolute atomic E-state index is 0.342. The minimum atomic E-state index is 0.342. The third kappa shape index (κ3) is 3.02. The zero-order chi connectivity index (χ0) is 11.4. The standard InChI is InChI=1S/C11H20N4O/c1-9(3-5-15-8-12-7-13-15)14-11-4-6-16-10(11)2/h7-11,14H,3-6H2,1-2H3. The molecule has 1 aromatic heterocycles. The number of hydrogen-bond donors (Lipinski definition) is 1. The summed E-state index contributed by atoms with van der Waals surface area (Å²) in [6, 6.07) is 0.990. The van der Waals surface area contributed by atoms with Crippen molar-refractivity contribution in [2.75, 3.05) is 6.61 Å². The fraction of sp³-hybridized carbons (Fsp3) is 0.818. The summed E-state index contributed by atoms with van der Waals surface area (Å²) in [5.74, 6) is 0. The van der Waals surface area contributed by atoms with Gasteiger partial charge in [0.25, 0.3) is 0 Å². The van der Waals surface area contributed by atoms with Crippen LogP contribution in [0.2, 0.25) is 0 Å². The quantitative estimate of drug-likeness (QED) is 0.804. The molecule has 3 unspecified atom stereocenters. The Bertz CT molecular complexity index is 301. The summed E-state index contributed by atoms with van der Waals surface area (Å²) < 4.78 is 7.39. The first kappa shape index (κ1) is 11.5. The summed E-state index contributed by atoms with van der Waals surface area (Å²) >= 11 is 0. The normalized spacial score (nSPS) is 27.1. The summed E-state index contributed by atoms with van der Waals surface area (Å²) in [5, 5.41) is 7.69. The van der Waals surface area contributed by atoms with Crippen LogP contribution in [-0.4, -0.2) is 39.6 Å². The van der Waals surface area contributed by atoms with Gasteiger partial charge in [-0.05, 0) is 26.7 Å². The Morgan fingerprint density at radius 3 is 3.12 bits per heavy atom. The van der Waals surface area contributed by atoms with Crippen LogP contribution < -0.4 is 5.32 Å².